The first kappa shape index (κ1) is 26.9. The van der Waals surface area contributed by atoms with Gasteiger partial charge < -0.3 is 9.47 Å². The average molecular weight is 597 g/mol. The number of halogens is 1. The van der Waals surface area contributed by atoms with Crippen LogP contribution in [0.15, 0.2) is 70.7 Å². The van der Waals surface area contributed by atoms with Crippen molar-refractivity contribution in [2.45, 2.75) is 6.61 Å². The smallest absolute Gasteiger partial charge is 0.335 e. The number of urea groups is 1. The molecule has 1 fully saturated rings. The van der Waals surface area contributed by atoms with Crippen LogP contribution in [0.25, 0.3) is 6.08 Å². The van der Waals surface area contributed by atoms with Crippen molar-refractivity contribution in [1.82, 2.24) is 5.32 Å². The lowest BCUT2D eigenvalue weighted by atomic mass is 10.1. The van der Waals surface area contributed by atoms with E-state index in [9.17, 15) is 34.6 Å². The number of carbonyl (C=O) groups is 3. The van der Waals surface area contributed by atoms with Gasteiger partial charge in [-0.3, -0.25) is 35.1 Å². The predicted molar refractivity (Wildman–Crippen MR) is 140 cm³/mol. The Kier molecular flexibility index (Phi) is 7.67. The van der Waals surface area contributed by atoms with Crippen molar-refractivity contribution in [3.05, 3.63) is 102 Å². The second kappa shape index (κ2) is 11.1. The third-order valence-corrected chi connectivity index (χ3v) is 6.08. The summed E-state index contributed by atoms with van der Waals surface area (Å²) >= 11 is 3.38. The number of nitro benzene ring substituents is 2. The SMILES string of the molecule is COc1cc(/C=C2\C(=O)NC(=O)N(c3cccc([N+](=O)[O-])c3)C2=O)cc(Br)c1OCc1ccc([N+](=O)[O-])cc1. The van der Waals surface area contributed by atoms with E-state index >= 15 is 0 Å². The van der Waals surface area contributed by atoms with Gasteiger partial charge in [0.05, 0.1) is 27.1 Å². The third kappa shape index (κ3) is 5.75. The monoisotopic (exact) mass is 596 g/mol. The Morgan fingerprint density at radius 1 is 0.974 bits per heavy atom. The number of benzene rings is 3. The normalized spacial score (nSPS) is 14.3. The minimum absolute atomic E-state index is 0.0537. The molecule has 0 radical (unpaired) electrons. The van der Waals surface area contributed by atoms with Gasteiger partial charge in [-0.2, -0.15) is 0 Å². The van der Waals surface area contributed by atoms with Crippen LogP contribution in [0.2, 0.25) is 0 Å². The zero-order chi connectivity index (χ0) is 28.3. The van der Waals surface area contributed by atoms with E-state index < -0.39 is 33.3 Å². The molecule has 4 amide bonds. The number of nitrogens with one attached hydrogen (secondary N) is 1. The minimum atomic E-state index is -1.04. The molecular weight excluding hydrogens is 580 g/mol. The first-order valence-electron chi connectivity index (χ1n) is 11.0. The van der Waals surface area contributed by atoms with E-state index in [4.69, 9.17) is 9.47 Å². The van der Waals surface area contributed by atoms with Crippen molar-refractivity contribution in [2.75, 3.05) is 12.0 Å². The average Bonchev–Trinajstić information content (AvgIpc) is 2.90. The Balaban J connectivity index is 1.62. The highest BCUT2D eigenvalue weighted by Gasteiger charge is 2.37. The largest absolute Gasteiger partial charge is 0.493 e. The number of hydrogen-bond acceptors (Lipinski definition) is 9. The van der Waals surface area contributed by atoms with Gasteiger partial charge in [-0.15, -0.1) is 0 Å². The second-order valence-electron chi connectivity index (χ2n) is 7.98. The Hall–Kier alpha value is -5.11. The Morgan fingerprint density at radius 2 is 1.67 bits per heavy atom. The molecule has 0 bridgehead atoms. The Bertz CT molecular complexity index is 1550. The van der Waals surface area contributed by atoms with Crippen LogP contribution in [-0.4, -0.2) is 34.8 Å². The van der Waals surface area contributed by atoms with Crippen LogP contribution >= 0.6 is 15.9 Å². The Labute approximate surface area is 228 Å². The molecule has 0 atom stereocenters. The molecule has 0 aliphatic carbocycles. The molecule has 198 valence electrons. The highest BCUT2D eigenvalue weighted by atomic mass is 79.9. The summed E-state index contributed by atoms with van der Waals surface area (Å²) in [5, 5.41) is 24.0. The van der Waals surface area contributed by atoms with Crippen molar-refractivity contribution in [3.63, 3.8) is 0 Å². The van der Waals surface area contributed by atoms with Crippen molar-refractivity contribution in [2.24, 2.45) is 0 Å². The van der Waals surface area contributed by atoms with Crippen molar-refractivity contribution in [3.8, 4) is 11.5 Å². The Morgan fingerprint density at radius 3 is 2.31 bits per heavy atom. The van der Waals surface area contributed by atoms with Gasteiger partial charge in [-0.05, 0) is 63.5 Å². The molecule has 13 nitrogen and oxygen atoms in total. The van der Waals surface area contributed by atoms with Crippen LogP contribution in [0.4, 0.5) is 21.9 Å². The van der Waals surface area contributed by atoms with Gasteiger partial charge in [0, 0.05) is 24.3 Å². The van der Waals surface area contributed by atoms with Gasteiger partial charge >= 0.3 is 6.03 Å². The molecule has 3 aromatic rings. The summed E-state index contributed by atoms with van der Waals surface area (Å²) in [7, 11) is 1.39. The van der Waals surface area contributed by atoms with Gasteiger partial charge in [0.15, 0.2) is 11.5 Å². The molecule has 1 heterocycles. The molecule has 4 rings (SSSR count). The summed E-state index contributed by atoms with van der Waals surface area (Å²) in [6.45, 7) is 0.0641. The maximum atomic E-state index is 13.2. The number of methoxy groups -OCH3 is 1. The summed E-state index contributed by atoms with van der Waals surface area (Å²) in [6.07, 6.45) is 1.24. The van der Waals surface area contributed by atoms with E-state index in [1.807, 2.05) is 0 Å². The number of amides is 4. The van der Waals surface area contributed by atoms with Crippen molar-refractivity contribution in [1.29, 1.82) is 0 Å². The molecule has 1 N–H and O–H groups in total. The fraction of sp³-hybridized carbons (Fsp3) is 0.0800. The van der Waals surface area contributed by atoms with Crippen molar-refractivity contribution >= 4 is 56.9 Å². The van der Waals surface area contributed by atoms with Crippen LogP contribution in [0, 0.1) is 20.2 Å². The maximum Gasteiger partial charge on any atom is 0.335 e. The standard InChI is InChI=1S/C25H17BrN4O9/c1-38-21-11-15(10-20(26)22(21)39-13-14-5-7-16(8-6-14)29(34)35)9-19-23(31)27-25(33)28(24(19)32)17-3-2-4-18(12-17)30(36)37/h2-12H,13H2,1H3,(H,27,31,33)/b19-9+. The number of non-ortho nitro benzene ring substituents is 2. The fourth-order valence-electron chi connectivity index (χ4n) is 3.64. The number of carbonyl (C=O) groups excluding carboxylic acids is 3. The molecular formula is C25H17BrN4O9. The van der Waals surface area contributed by atoms with Crippen molar-refractivity contribution < 1.29 is 33.7 Å². The number of hydrogen-bond donors (Lipinski definition) is 1. The molecule has 1 aliphatic rings. The van der Waals surface area contributed by atoms with Gasteiger partial charge in [0.2, 0.25) is 0 Å². The van der Waals surface area contributed by atoms with E-state index in [1.54, 1.807) is 18.2 Å². The minimum Gasteiger partial charge on any atom is -0.493 e. The summed E-state index contributed by atoms with van der Waals surface area (Å²) in [6, 6.07) is 12.7. The van der Waals surface area contributed by atoms with Crippen LogP contribution in [0.5, 0.6) is 11.5 Å². The molecule has 1 saturated heterocycles. The number of barbiturate groups is 1. The summed E-state index contributed by atoms with van der Waals surface area (Å²) in [5.41, 5.74) is 0.133. The second-order valence-corrected chi connectivity index (χ2v) is 8.84. The highest BCUT2D eigenvalue weighted by molar-refractivity contribution is 9.10. The van der Waals surface area contributed by atoms with Gasteiger partial charge in [0.25, 0.3) is 23.2 Å². The molecule has 0 saturated carbocycles. The van der Waals surface area contributed by atoms with Crippen LogP contribution in [0.1, 0.15) is 11.1 Å². The molecule has 39 heavy (non-hydrogen) atoms. The quantitative estimate of drug-likeness (QED) is 0.170. The van der Waals surface area contributed by atoms with Crippen LogP contribution in [0.3, 0.4) is 0 Å². The van der Waals surface area contributed by atoms with E-state index in [0.29, 0.717) is 26.2 Å². The summed E-state index contributed by atoms with van der Waals surface area (Å²) in [5.74, 6) is -1.38. The number of nitro groups is 2. The summed E-state index contributed by atoms with van der Waals surface area (Å²) in [4.78, 5) is 59.5. The molecule has 0 aromatic heterocycles. The van der Waals surface area contributed by atoms with E-state index in [0.717, 1.165) is 6.07 Å². The number of anilines is 1. The topological polar surface area (TPSA) is 171 Å². The fourth-order valence-corrected chi connectivity index (χ4v) is 4.21. The first-order chi connectivity index (χ1) is 18.6. The van der Waals surface area contributed by atoms with E-state index in [-0.39, 0.29) is 29.4 Å². The zero-order valence-corrected chi connectivity index (χ0v) is 21.5. The maximum absolute atomic E-state index is 13.2. The van der Waals surface area contributed by atoms with Gasteiger partial charge in [-0.25, -0.2) is 9.69 Å². The van der Waals surface area contributed by atoms with E-state index in [2.05, 4.69) is 21.2 Å². The number of rotatable bonds is 8. The third-order valence-electron chi connectivity index (χ3n) is 5.49. The molecule has 1 aliphatic heterocycles. The lowest BCUT2D eigenvalue weighted by Gasteiger charge is -2.26. The summed E-state index contributed by atoms with van der Waals surface area (Å²) < 4.78 is 11.6. The molecule has 3 aromatic carbocycles. The molecule has 0 unspecified atom stereocenters. The molecule has 0 spiro atoms. The van der Waals surface area contributed by atoms with E-state index in [1.165, 1.54) is 49.6 Å². The lowest BCUT2D eigenvalue weighted by molar-refractivity contribution is -0.385. The lowest BCUT2D eigenvalue weighted by Crippen LogP contribution is -2.54. The molecule has 14 heteroatoms. The van der Waals surface area contributed by atoms with Gasteiger partial charge in [0.1, 0.15) is 12.2 Å². The number of ether oxygens (including phenoxy) is 2. The first-order valence-corrected chi connectivity index (χ1v) is 11.8. The highest BCUT2D eigenvalue weighted by Crippen LogP contribution is 2.38. The number of imide groups is 2. The van der Waals surface area contributed by atoms with Crippen LogP contribution < -0.4 is 19.7 Å². The zero-order valence-electron chi connectivity index (χ0n) is 20.0. The predicted octanol–water partition coefficient (Wildman–Crippen LogP) is 4.52. The van der Waals surface area contributed by atoms with Crippen LogP contribution in [-0.2, 0) is 16.2 Å². The number of nitrogens with zero attached hydrogens (tertiary/aromatic N) is 3. The van der Waals surface area contributed by atoms with Gasteiger partial charge in [-0.1, -0.05) is 6.07 Å².